The smallest absolute Gasteiger partial charge is 0.240 e. The Balaban J connectivity index is 1.63. The number of hydrogen-bond donors (Lipinski definition) is 1. The Kier molecular flexibility index (Phi) is 5.20. The van der Waals surface area contributed by atoms with Crippen molar-refractivity contribution in [2.75, 3.05) is 18.0 Å². The maximum Gasteiger partial charge on any atom is 0.240 e. The first-order chi connectivity index (χ1) is 12.0. The number of nitrogens with zero attached hydrogens (tertiary/aromatic N) is 1. The molecule has 3 rings (SSSR count). The van der Waals surface area contributed by atoms with Gasteiger partial charge in [0.2, 0.25) is 15.9 Å². The predicted molar refractivity (Wildman–Crippen MR) is 98.1 cm³/mol. The first-order valence-electron chi connectivity index (χ1n) is 8.42. The standard InChI is InChI=1S/C19H22N2O3S/c1-15-9-10-18-16(14-15)6-5-13-21(18)19(22)11-12-20-25(23,24)17-7-3-2-4-8-17/h2-4,7-10,14,20H,5-6,11-13H2,1H3. The van der Waals surface area contributed by atoms with Crippen molar-refractivity contribution in [3.8, 4) is 0 Å². The Morgan fingerprint density at radius 2 is 1.92 bits per heavy atom. The van der Waals surface area contributed by atoms with E-state index in [1.807, 2.05) is 19.1 Å². The van der Waals surface area contributed by atoms with Crippen LogP contribution in [0, 0.1) is 6.92 Å². The molecule has 25 heavy (non-hydrogen) atoms. The molecule has 2 aromatic rings. The lowest BCUT2D eigenvalue weighted by Gasteiger charge is -2.30. The number of hydrogen-bond acceptors (Lipinski definition) is 3. The van der Waals surface area contributed by atoms with Crippen LogP contribution in [0.1, 0.15) is 24.0 Å². The molecule has 1 heterocycles. The van der Waals surface area contributed by atoms with Gasteiger partial charge in [-0.25, -0.2) is 13.1 Å². The number of benzene rings is 2. The quantitative estimate of drug-likeness (QED) is 0.893. The third kappa shape index (κ3) is 4.08. The molecule has 0 saturated heterocycles. The fourth-order valence-electron chi connectivity index (χ4n) is 3.10. The normalized spacial score (nSPS) is 14.2. The Morgan fingerprint density at radius 3 is 2.68 bits per heavy atom. The third-order valence-corrected chi connectivity index (χ3v) is 5.82. The average molecular weight is 358 g/mol. The highest BCUT2D eigenvalue weighted by Crippen LogP contribution is 2.28. The van der Waals surface area contributed by atoms with Gasteiger partial charge in [-0.2, -0.15) is 0 Å². The summed E-state index contributed by atoms with van der Waals surface area (Å²) in [6.07, 6.45) is 2.04. The fraction of sp³-hybridized carbons (Fsp3) is 0.316. The van der Waals surface area contributed by atoms with Gasteiger partial charge >= 0.3 is 0 Å². The number of nitrogens with one attached hydrogen (secondary N) is 1. The molecular weight excluding hydrogens is 336 g/mol. The fourth-order valence-corrected chi connectivity index (χ4v) is 4.15. The van der Waals surface area contributed by atoms with Crippen molar-refractivity contribution in [3.63, 3.8) is 0 Å². The molecule has 132 valence electrons. The monoisotopic (exact) mass is 358 g/mol. The first-order valence-corrected chi connectivity index (χ1v) is 9.90. The van der Waals surface area contributed by atoms with Gasteiger partial charge in [0.05, 0.1) is 4.90 Å². The number of carbonyl (C=O) groups is 1. The van der Waals surface area contributed by atoms with Crippen LogP contribution in [0.4, 0.5) is 5.69 Å². The van der Waals surface area contributed by atoms with Gasteiger partial charge in [0.15, 0.2) is 0 Å². The molecular formula is C19H22N2O3S. The molecule has 0 spiro atoms. The minimum Gasteiger partial charge on any atom is -0.312 e. The maximum absolute atomic E-state index is 12.6. The SMILES string of the molecule is Cc1ccc2c(c1)CCCN2C(=O)CCNS(=O)(=O)c1ccccc1. The van der Waals surface area contributed by atoms with Crippen molar-refractivity contribution in [1.82, 2.24) is 4.72 Å². The summed E-state index contributed by atoms with van der Waals surface area (Å²) in [5.41, 5.74) is 3.32. The Labute approximate surface area is 148 Å². The van der Waals surface area contributed by atoms with Gasteiger partial charge in [-0.05, 0) is 43.5 Å². The summed E-state index contributed by atoms with van der Waals surface area (Å²) in [4.78, 5) is 14.5. The van der Waals surface area contributed by atoms with Crippen LogP contribution in [0.5, 0.6) is 0 Å². The highest BCUT2D eigenvalue weighted by Gasteiger charge is 2.22. The number of carbonyl (C=O) groups excluding carboxylic acids is 1. The van der Waals surface area contributed by atoms with Gasteiger partial charge < -0.3 is 4.90 Å². The van der Waals surface area contributed by atoms with Gasteiger partial charge in [-0.1, -0.05) is 35.9 Å². The molecule has 0 atom stereocenters. The van der Waals surface area contributed by atoms with Gasteiger partial charge in [0.1, 0.15) is 0 Å². The molecule has 6 heteroatoms. The van der Waals surface area contributed by atoms with Crippen LogP contribution in [0.25, 0.3) is 0 Å². The van der Waals surface area contributed by atoms with E-state index in [4.69, 9.17) is 0 Å². The van der Waals surface area contributed by atoms with Crippen LogP contribution in [0.15, 0.2) is 53.4 Å². The zero-order valence-electron chi connectivity index (χ0n) is 14.2. The molecule has 1 aliphatic heterocycles. The first kappa shape index (κ1) is 17.6. The number of rotatable bonds is 5. The molecule has 5 nitrogen and oxygen atoms in total. The van der Waals surface area contributed by atoms with E-state index in [9.17, 15) is 13.2 Å². The van der Waals surface area contributed by atoms with Crippen LogP contribution < -0.4 is 9.62 Å². The summed E-state index contributed by atoms with van der Waals surface area (Å²) >= 11 is 0. The molecule has 0 unspecified atom stereocenters. The molecule has 2 aromatic carbocycles. The number of amides is 1. The highest BCUT2D eigenvalue weighted by atomic mass is 32.2. The summed E-state index contributed by atoms with van der Waals surface area (Å²) in [5.74, 6) is -0.0550. The topological polar surface area (TPSA) is 66.5 Å². The Hall–Kier alpha value is -2.18. The van der Waals surface area contributed by atoms with Gasteiger partial charge in [-0.3, -0.25) is 4.79 Å². The van der Waals surface area contributed by atoms with E-state index in [2.05, 4.69) is 10.8 Å². The lowest BCUT2D eigenvalue weighted by molar-refractivity contribution is -0.118. The van der Waals surface area contributed by atoms with Crippen LogP contribution >= 0.6 is 0 Å². The zero-order chi connectivity index (χ0) is 17.9. The number of fused-ring (bicyclic) bond motifs is 1. The van der Waals surface area contributed by atoms with Gasteiger partial charge in [0, 0.05) is 25.2 Å². The van der Waals surface area contributed by atoms with Crippen LogP contribution in [0.3, 0.4) is 0 Å². The molecule has 0 fully saturated rings. The van der Waals surface area contributed by atoms with E-state index >= 15 is 0 Å². The molecule has 0 saturated carbocycles. The Morgan fingerprint density at radius 1 is 1.16 bits per heavy atom. The lowest BCUT2D eigenvalue weighted by Crippen LogP contribution is -2.37. The molecule has 0 bridgehead atoms. The van der Waals surface area contributed by atoms with Crippen LogP contribution in [-0.2, 0) is 21.2 Å². The minimum absolute atomic E-state index is 0.0550. The highest BCUT2D eigenvalue weighted by molar-refractivity contribution is 7.89. The maximum atomic E-state index is 12.6. The molecule has 0 aliphatic carbocycles. The van der Waals surface area contributed by atoms with Crippen LogP contribution in [-0.4, -0.2) is 27.4 Å². The van der Waals surface area contributed by atoms with Gasteiger partial charge in [0.25, 0.3) is 0 Å². The lowest BCUT2D eigenvalue weighted by atomic mass is 9.99. The van der Waals surface area contributed by atoms with Crippen molar-refractivity contribution in [1.29, 1.82) is 0 Å². The largest absolute Gasteiger partial charge is 0.312 e. The second kappa shape index (κ2) is 7.37. The van der Waals surface area contributed by atoms with Crippen molar-refractivity contribution in [3.05, 3.63) is 59.7 Å². The average Bonchev–Trinajstić information content (AvgIpc) is 2.61. The van der Waals surface area contributed by atoms with Crippen molar-refractivity contribution >= 4 is 21.6 Å². The molecule has 0 radical (unpaired) electrons. The summed E-state index contributed by atoms with van der Waals surface area (Å²) in [6, 6.07) is 14.3. The van der Waals surface area contributed by atoms with E-state index in [-0.39, 0.29) is 23.8 Å². The molecule has 0 aromatic heterocycles. The second-order valence-electron chi connectivity index (χ2n) is 6.24. The van der Waals surface area contributed by atoms with E-state index in [1.54, 1.807) is 23.1 Å². The molecule has 1 amide bonds. The summed E-state index contributed by atoms with van der Waals surface area (Å²) in [5, 5.41) is 0. The van der Waals surface area contributed by atoms with Crippen LogP contribution in [0.2, 0.25) is 0 Å². The Bertz CT molecular complexity index is 863. The summed E-state index contributed by atoms with van der Waals surface area (Å²) in [6.45, 7) is 2.81. The van der Waals surface area contributed by atoms with Crippen molar-refractivity contribution in [2.45, 2.75) is 31.1 Å². The summed E-state index contributed by atoms with van der Waals surface area (Å²) < 4.78 is 26.9. The van der Waals surface area contributed by atoms with E-state index in [0.29, 0.717) is 6.54 Å². The number of sulfonamides is 1. The summed E-state index contributed by atoms with van der Waals surface area (Å²) in [7, 11) is -3.57. The van der Waals surface area contributed by atoms with E-state index in [1.165, 1.54) is 23.3 Å². The number of aryl methyl sites for hydroxylation is 2. The minimum atomic E-state index is -3.57. The van der Waals surface area contributed by atoms with Crippen molar-refractivity contribution in [2.24, 2.45) is 0 Å². The second-order valence-corrected chi connectivity index (χ2v) is 8.01. The van der Waals surface area contributed by atoms with E-state index < -0.39 is 10.0 Å². The van der Waals surface area contributed by atoms with Gasteiger partial charge in [-0.15, -0.1) is 0 Å². The van der Waals surface area contributed by atoms with E-state index in [0.717, 1.165) is 18.5 Å². The van der Waals surface area contributed by atoms with Crippen molar-refractivity contribution < 1.29 is 13.2 Å². The molecule has 1 aliphatic rings. The zero-order valence-corrected chi connectivity index (χ0v) is 15.1. The molecule has 1 N–H and O–H groups in total. The third-order valence-electron chi connectivity index (χ3n) is 4.34. The predicted octanol–water partition coefficient (Wildman–Crippen LogP) is 2.64. The number of anilines is 1.